The SMILES string of the molecule is O=C1C(Cl)C(c2ccc(Cl)cc2)N1n1c(-c2ccccc2)nc2ccccc2c1=O. The Morgan fingerprint density at radius 1 is 0.833 bits per heavy atom. The van der Waals surface area contributed by atoms with Crippen molar-refractivity contribution >= 4 is 40.0 Å². The van der Waals surface area contributed by atoms with E-state index in [1.807, 2.05) is 48.5 Å². The second kappa shape index (κ2) is 7.27. The van der Waals surface area contributed by atoms with Crippen LogP contribution in [0.2, 0.25) is 5.02 Å². The fraction of sp³-hybridized carbons (Fsp3) is 0.0870. The largest absolute Gasteiger partial charge is 0.280 e. The number of alkyl halides is 1. The van der Waals surface area contributed by atoms with Crippen molar-refractivity contribution in [2.75, 3.05) is 5.01 Å². The molecule has 4 aromatic rings. The molecule has 2 heterocycles. The summed E-state index contributed by atoms with van der Waals surface area (Å²) in [5.74, 6) is 0.0307. The molecule has 0 aliphatic carbocycles. The van der Waals surface area contributed by atoms with E-state index >= 15 is 0 Å². The average Bonchev–Trinajstić information content (AvgIpc) is 2.79. The summed E-state index contributed by atoms with van der Waals surface area (Å²) in [6.07, 6.45) is 0. The van der Waals surface area contributed by atoms with Crippen molar-refractivity contribution in [1.29, 1.82) is 0 Å². The molecule has 0 saturated carbocycles. The molecular formula is C23H15Cl2N3O2. The highest BCUT2D eigenvalue weighted by Crippen LogP contribution is 2.38. The van der Waals surface area contributed by atoms with Crippen LogP contribution < -0.4 is 10.6 Å². The number of halogens is 2. The summed E-state index contributed by atoms with van der Waals surface area (Å²) in [5, 5.41) is 1.62. The van der Waals surface area contributed by atoms with Crippen LogP contribution in [0.1, 0.15) is 11.6 Å². The van der Waals surface area contributed by atoms with Gasteiger partial charge in [0.25, 0.3) is 11.5 Å². The van der Waals surface area contributed by atoms with Gasteiger partial charge in [-0.2, -0.15) is 4.68 Å². The van der Waals surface area contributed by atoms with E-state index in [0.29, 0.717) is 21.7 Å². The Hall–Kier alpha value is -3.15. The first kappa shape index (κ1) is 18.9. The highest BCUT2D eigenvalue weighted by molar-refractivity contribution is 6.36. The maximum atomic E-state index is 13.5. The van der Waals surface area contributed by atoms with Crippen LogP contribution in [-0.4, -0.2) is 20.9 Å². The molecule has 1 fully saturated rings. The van der Waals surface area contributed by atoms with E-state index in [-0.39, 0.29) is 11.5 Å². The zero-order valence-corrected chi connectivity index (χ0v) is 17.1. The number of carbonyl (C=O) groups is 1. The summed E-state index contributed by atoms with van der Waals surface area (Å²) in [4.78, 5) is 31.1. The first-order valence-corrected chi connectivity index (χ1v) is 10.2. The van der Waals surface area contributed by atoms with Crippen LogP contribution in [0, 0.1) is 0 Å². The third-order valence-corrected chi connectivity index (χ3v) is 5.89. The molecule has 0 bridgehead atoms. The molecule has 7 heteroatoms. The summed E-state index contributed by atoms with van der Waals surface area (Å²) in [7, 11) is 0. The molecule has 0 N–H and O–H groups in total. The Morgan fingerprint density at radius 3 is 2.23 bits per heavy atom. The molecule has 1 aromatic heterocycles. The van der Waals surface area contributed by atoms with Crippen LogP contribution in [0.5, 0.6) is 0 Å². The molecule has 0 radical (unpaired) electrons. The van der Waals surface area contributed by atoms with Gasteiger partial charge in [-0.3, -0.25) is 9.59 Å². The second-order valence-electron chi connectivity index (χ2n) is 7.02. The minimum Gasteiger partial charge on any atom is -0.271 e. The summed E-state index contributed by atoms with van der Waals surface area (Å²) in [6.45, 7) is 0. The monoisotopic (exact) mass is 435 g/mol. The predicted molar refractivity (Wildman–Crippen MR) is 118 cm³/mol. The third-order valence-electron chi connectivity index (χ3n) is 5.22. The molecule has 148 valence electrons. The van der Waals surface area contributed by atoms with Crippen molar-refractivity contribution in [3.05, 3.63) is 99.8 Å². The van der Waals surface area contributed by atoms with Gasteiger partial charge in [-0.25, -0.2) is 9.99 Å². The highest BCUT2D eigenvalue weighted by Gasteiger charge is 2.49. The van der Waals surface area contributed by atoms with Crippen LogP contribution in [0.4, 0.5) is 0 Å². The topological polar surface area (TPSA) is 55.2 Å². The van der Waals surface area contributed by atoms with E-state index in [9.17, 15) is 9.59 Å². The lowest BCUT2D eigenvalue weighted by atomic mass is 9.95. The first-order chi connectivity index (χ1) is 14.6. The van der Waals surface area contributed by atoms with Crippen LogP contribution in [-0.2, 0) is 4.79 Å². The summed E-state index contributed by atoms with van der Waals surface area (Å²) in [5.41, 5.74) is 1.76. The Bertz CT molecular complexity index is 1320. The lowest BCUT2D eigenvalue weighted by Crippen LogP contribution is -2.64. The average molecular weight is 436 g/mol. The smallest absolute Gasteiger partial charge is 0.271 e. The van der Waals surface area contributed by atoms with Crippen molar-refractivity contribution in [3.8, 4) is 11.4 Å². The van der Waals surface area contributed by atoms with Crippen molar-refractivity contribution in [1.82, 2.24) is 9.66 Å². The fourth-order valence-corrected chi connectivity index (χ4v) is 4.21. The van der Waals surface area contributed by atoms with Crippen molar-refractivity contribution in [2.45, 2.75) is 11.4 Å². The van der Waals surface area contributed by atoms with Gasteiger partial charge in [-0.1, -0.05) is 66.2 Å². The molecule has 1 amide bonds. The van der Waals surface area contributed by atoms with E-state index in [0.717, 1.165) is 11.1 Å². The lowest BCUT2D eigenvalue weighted by molar-refractivity contribution is -0.126. The number of rotatable bonds is 3. The van der Waals surface area contributed by atoms with Gasteiger partial charge < -0.3 is 0 Å². The van der Waals surface area contributed by atoms with Crippen LogP contribution >= 0.6 is 23.2 Å². The number of carbonyl (C=O) groups excluding carboxylic acids is 1. The van der Waals surface area contributed by atoms with E-state index in [1.165, 1.54) is 9.69 Å². The minimum absolute atomic E-state index is 0.324. The van der Waals surface area contributed by atoms with Crippen molar-refractivity contribution < 1.29 is 4.79 Å². The molecule has 1 aliphatic rings. The zero-order valence-electron chi connectivity index (χ0n) is 15.6. The normalized spacial score (nSPS) is 18.5. The summed E-state index contributed by atoms with van der Waals surface area (Å²) in [6, 6.07) is 23.0. The molecule has 3 aromatic carbocycles. The van der Waals surface area contributed by atoms with E-state index in [2.05, 4.69) is 0 Å². The lowest BCUT2D eigenvalue weighted by Gasteiger charge is -2.45. The van der Waals surface area contributed by atoms with Crippen molar-refractivity contribution in [2.24, 2.45) is 0 Å². The van der Waals surface area contributed by atoms with Gasteiger partial charge in [-0.15, -0.1) is 11.6 Å². The minimum atomic E-state index is -0.784. The number of fused-ring (bicyclic) bond motifs is 1. The van der Waals surface area contributed by atoms with Crippen molar-refractivity contribution in [3.63, 3.8) is 0 Å². The molecule has 30 heavy (non-hydrogen) atoms. The maximum Gasteiger partial charge on any atom is 0.280 e. The molecule has 5 nitrogen and oxygen atoms in total. The second-order valence-corrected chi connectivity index (χ2v) is 7.92. The van der Waals surface area contributed by atoms with E-state index < -0.39 is 11.4 Å². The predicted octanol–water partition coefficient (Wildman–Crippen LogP) is 4.54. The summed E-state index contributed by atoms with van der Waals surface area (Å²) >= 11 is 12.4. The standard InChI is InChI=1S/C23H15Cl2N3O2/c24-16-12-10-14(11-13-16)20-19(25)23(30)27(20)28-21(15-6-2-1-3-7-15)26-18-9-5-4-8-17(18)22(28)29/h1-13,19-20H. The molecule has 5 rings (SSSR count). The van der Waals surface area contributed by atoms with Gasteiger partial charge in [-0.05, 0) is 29.8 Å². The summed E-state index contributed by atoms with van der Waals surface area (Å²) < 4.78 is 1.35. The third kappa shape index (κ3) is 2.90. The molecule has 2 atom stereocenters. The van der Waals surface area contributed by atoms with E-state index in [4.69, 9.17) is 28.2 Å². The Labute approximate surface area is 182 Å². The maximum absolute atomic E-state index is 13.5. The van der Waals surface area contributed by atoms with Gasteiger partial charge in [0.1, 0.15) is 11.4 Å². The molecule has 2 unspecified atom stereocenters. The van der Waals surface area contributed by atoms with Gasteiger partial charge in [0, 0.05) is 10.6 Å². The molecule has 1 saturated heterocycles. The molecule has 1 aliphatic heterocycles. The molecular weight excluding hydrogens is 421 g/mol. The van der Waals surface area contributed by atoms with Gasteiger partial charge >= 0.3 is 0 Å². The number of amides is 1. The highest BCUT2D eigenvalue weighted by atomic mass is 35.5. The van der Waals surface area contributed by atoms with Crippen LogP contribution in [0.15, 0.2) is 83.7 Å². The number of para-hydroxylation sites is 1. The number of aromatic nitrogens is 2. The Balaban J connectivity index is 1.76. The number of β-lactam (4-membered cyclic amide) rings is 1. The fourth-order valence-electron chi connectivity index (χ4n) is 3.73. The van der Waals surface area contributed by atoms with Gasteiger partial charge in [0.05, 0.1) is 10.9 Å². The van der Waals surface area contributed by atoms with Crippen LogP contribution in [0.25, 0.3) is 22.3 Å². The molecule has 0 spiro atoms. The number of benzene rings is 3. The van der Waals surface area contributed by atoms with Gasteiger partial charge in [0.2, 0.25) is 0 Å². The number of hydrogen-bond donors (Lipinski definition) is 0. The number of hydrogen-bond acceptors (Lipinski definition) is 3. The first-order valence-electron chi connectivity index (χ1n) is 9.36. The van der Waals surface area contributed by atoms with Gasteiger partial charge in [0.15, 0.2) is 5.82 Å². The Morgan fingerprint density at radius 2 is 1.50 bits per heavy atom. The Kier molecular flexibility index (Phi) is 4.57. The number of nitrogens with zero attached hydrogens (tertiary/aromatic N) is 3. The van der Waals surface area contributed by atoms with Crippen LogP contribution in [0.3, 0.4) is 0 Å². The quantitative estimate of drug-likeness (QED) is 0.350. The van der Waals surface area contributed by atoms with E-state index in [1.54, 1.807) is 30.3 Å². The zero-order chi connectivity index (χ0) is 20.8.